The number of rotatable bonds is 8. The minimum absolute atomic E-state index is 0.177. The van der Waals surface area contributed by atoms with Gasteiger partial charge in [0.15, 0.2) is 0 Å². The molecule has 2 aromatic rings. The molecule has 2 heterocycles. The quantitative estimate of drug-likeness (QED) is 0.406. The molecule has 4 rings (SSSR count). The van der Waals surface area contributed by atoms with Gasteiger partial charge in [-0.05, 0) is 30.2 Å². The molecule has 2 aliphatic heterocycles. The number of morpholine rings is 1. The number of carbonyl (C=O) groups is 3. The standard InChI is InChI=1S/C24H28N4O4S/c1-24(22(30)26-23(31)27-24)16-33-20-9-5-4-8-19(20)21(29)25-14-17-6-2-3-7-18(17)15-28-10-12-32-13-11-28/h2-9H,10-16H2,1H3,(H,25,29)(H2,26,27,30,31)/t24-/m0/s1. The summed E-state index contributed by atoms with van der Waals surface area (Å²) in [6.45, 7) is 6.23. The van der Waals surface area contributed by atoms with Crippen LogP contribution in [-0.4, -0.2) is 60.3 Å². The number of hydrogen-bond donors (Lipinski definition) is 3. The number of benzene rings is 2. The molecule has 0 bridgehead atoms. The van der Waals surface area contributed by atoms with Gasteiger partial charge in [0.2, 0.25) is 0 Å². The monoisotopic (exact) mass is 468 g/mol. The lowest BCUT2D eigenvalue weighted by Gasteiger charge is -2.27. The number of nitrogens with zero attached hydrogens (tertiary/aromatic N) is 1. The van der Waals surface area contributed by atoms with Crippen LogP contribution in [0.2, 0.25) is 0 Å². The van der Waals surface area contributed by atoms with Crippen molar-refractivity contribution in [1.82, 2.24) is 20.9 Å². The Morgan fingerprint density at radius 1 is 1.09 bits per heavy atom. The summed E-state index contributed by atoms with van der Waals surface area (Å²) in [5.74, 6) is -0.222. The Kier molecular flexibility index (Phi) is 7.32. The molecule has 2 aromatic carbocycles. The van der Waals surface area contributed by atoms with Crippen LogP contribution >= 0.6 is 11.8 Å². The van der Waals surface area contributed by atoms with Gasteiger partial charge in [0.05, 0.1) is 18.8 Å². The Hall–Kier alpha value is -2.88. The highest BCUT2D eigenvalue weighted by molar-refractivity contribution is 7.99. The van der Waals surface area contributed by atoms with Crippen molar-refractivity contribution in [3.05, 3.63) is 65.2 Å². The van der Waals surface area contributed by atoms with E-state index in [4.69, 9.17) is 4.74 Å². The predicted molar refractivity (Wildman–Crippen MR) is 126 cm³/mol. The van der Waals surface area contributed by atoms with Crippen molar-refractivity contribution >= 4 is 29.6 Å². The van der Waals surface area contributed by atoms with Gasteiger partial charge in [-0.15, -0.1) is 11.8 Å². The number of ether oxygens (including phenoxy) is 1. The maximum Gasteiger partial charge on any atom is 0.322 e. The summed E-state index contributed by atoms with van der Waals surface area (Å²) in [5.41, 5.74) is 1.81. The Bertz CT molecular complexity index is 1040. The van der Waals surface area contributed by atoms with Gasteiger partial charge < -0.3 is 15.4 Å². The molecule has 0 radical (unpaired) electrons. The number of amides is 4. The summed E-state index contributed by atoms with van der Waals surface area (Å²) in [5, 5.41) is 7.96. The lowest BCUT2D eigenvalue weighted by atomic mass is 10.1. The van der Waals surface area contributed by atoms with Crippen LogP contribution in [0.4, 0.5) is 4.79 Å². The highest BCUT2D eigenvalue weighted by Crippen LogP contribution is 2.27. The Labute approximate surface area is 197 Å². The number of urea groups is 1. The summed E-state index contributed by atoms with van der Waals surface area (Å²) in [6, 6.07) is 14.9. The molecule has 9 heteroatoms. The molecule has 0 saturated carbocycles. The van der Waals surface area contributed by atoms with Crippen LogP contribution in [0.25, 0.3) is 0 Å². The van der Waals surface area contributed by atoms with Crippen molar-refractivity contribution in [2.24, 2.45) is 0 Å². The SMILES string of the molecule is C[C@@]1(CSc2ccccc2C(=O)NCc2ccccc2CN2CCOCC2)NC(=O)NC1=O. The molecule has 174 valence electrons. The highest BCUT2D eigenvalue weighted by Gasteiger charge is 2.41. The Morgan fingerprint density at radius 3 is 2.52 bits per heavy atom. The second-order valence-corrected chi connectivity index (χ2v) is 9.38. The first kappa shape index (κ1) is 23.3. The Balaban J connectivity index is 1.40. The van der Waals surface area contributed by atoms with E-state index in [1.807, 2.05) is 36.4 Å². The van der Waals surface area contributed by atoms with Crippen LogP contribution in [0, 0.1) is 0 Å². The summed E-state index contributed by atoms with van der Waals surface area (Å²) >= 11 is 1.37. The zero-order chi connectivity index (χ0) is 23.3. The number of carbonyl (C=O) groups excluding carboxylic acids is 3. The second-order valence-electron chi connectivity index (χ2n) is 8.37. The van der Waals surface area contributed by atoms with Crippen LogP contribution in [0.15, 0.2) is 53.4 Å². The van der Waals surface area contributed by atoms with Crippen LogP contribution in [-0.2, 0) is 22.6 Å². The first-order valence-corrected chi connectivity index (χ1v) is 11.9. The van der Waals surface area contributed by atoms with Gasteiger partial charge in [-0.1, -0.05) is 36.4 Å². The maximum atomic E-state index is 13.0. The molecule has 0 unspecified atom stereocenters. The molecule has 4 amide bonds. The highest BCUT2D eigenvalue weighted by atomic mass is 32.2. The van der Waals surface area contributed by atoms with E-state index in [9.17, 15) is 14.4 Å². The van der Waals surface area contributed by atoms with E-state index in [0.717, 1.165) is 43.3 Å². The minimum Gasteiger partial charge on any atom is -0.379 e. The third-order valence-corrected chi connectivity index (χ3v) is 7.21. The molecular formula is C24H28N4O4S. The van der Waals surface area contributed by atoms with Gasteiger partial charge in [-0.2, -0.15) is 0 Å². The molecule has 3 N–H and O–H groups in total. The van der Waals surface area contributed by atoms with Gasteiger partial charge in [-0.25, -0.2) is 4.79 Å². The van der Waals surface area contributed by atoms with Crippen LogP contribution < -0.4 is 16.0 Å². The number of imide groups is 1. The van der Waals surface area contributed by atoms with Gasteiger partial charge >= 0.3 is 6.03 Å². The van der Waals surface area contributed by atoms with Gasteiger partial charge in [0, 0.05) is 36.8 Å². The first-order valence-electron chi connectivity index (χ1n) is 11.0. The molecule has 2 aliphatic rings. The maximum absolute atomic E-state index is 13.0. The third kappa shape index (κ3) is 5.73. The minimum atomic E-state index is -1.01. The molecule has 0 aliphatic carbocycles. The average molecular weight is 469 g/mol. The van der Waals surface area contributed by atoms with Crippen molar-refractivity contribution in [2.45, 2.75) is 30.4 Å². The van der Waals surface area contributed by atoms with E-state index >= 15 is 0 Å². The Morgan fingerprint density at radius 2 is 1.79 bits per heavy atom. The van der Waals surface area contributed by atoms with Gasteiger partial charge in [-0.3, -0.25) is 19.8 Å². The fourth-order valence-corrected chi connectivity index (χ4v) is 4.98. The molecule has 2 saturated heterocycles. The van der Waals surface area contributed by atoms with Crippen LogP contribution in [0.3, 0.4) is 0 Å². The lowest BCUT2D eigenvalue weighted by molar-refractivity contribution is -0.122. The fraction of sp³-hybridized carbons (Fsp3) is 0.375. The number of thioether (sulfide) groups is 1. The third-order valence-electron chi connectivity index (χ3n) is 5.82. The van der Waals surface area contributed by atoms with E-state index in [1.54, 1.807) is 13.0 Å². The first-order chi connectivity index (χ1) is 15.9. The normalized spacial score (nSPS) is 20.9. The van der Waals surface area contributed by atoms with Gasteiger partial charge in [0.1, 0.15) is 5.54 Å². The second kappa shape index (κ2) is 10.4. The van der Waals surface area contributed by atoms with Crippen molar-refractivity contribution in [3.8, 4) is 0 Å². The molecule has 0 aromatic heterocycles. The fourth-order valence-electron chi connectivity index (χ4n) is 3.84. The summed E-state index contributed by atoms with van der Waals surface area (Å²) < 4.78 is 5.43. The average Bonchev–Trinajstić information content (AvgIpc) is 3.09. The summed E-state index contributed by atoms with van der Waals surface area (Å²) in [7, 11) is 0. The van der Waals surface area contributed by atoms with Crippen molar-refractivity contribution in [2.75, 3.05) is 32.1 Å². The predicted octanol–water partition coefficient (Wildman–Crippen LogP) is 2.14. The topological polar surface area (TPSA) is 99.8 Å². The van der Waals surface area contributed by atoms with Crippen molar-refractivity contribution in [3.63, 3.8) is 0 Å². The molecule has 33 heavy (non-hydrogen) atoms. The zero-order valence-electron chi connectivity index (χ0n) is 18.6. The van der Waals surface area contributed by atoms with Gasteiger partial charge in [0.25, 0.3) is 11.8 Å². The van der Waals surface area contributed by atoms with E-state index in [-0.39, 0.29) is 11.8 Å². The summed E-state index contributed by atoms with van der Waals surface area (Å²) in [6.07, 6.45) is 0. The summed E-state index contributed by atoms with van der Waals surface area (Å²) in [4.78, 5) is 39.7. The molecule has 2 fully saturated rings. The largest absolute Gasteiger partial charge is 0.379 e. The number of nitrogens with one attached hydrogen (secondary N) is 3. The molecule has 1 atom stereocenters. The lowest BCUT2D eigenvalue weighted by Crippen LogP contribution is -2.46. The number of hydrogen-bond acceptors (Lipinski definition) is 6. The molecule has 0 spiro atoms. The molecule has 8 nitrogen and oxygen atoms in total. The van der Waals surface area contributed by atoms with Crippen molar-refractivity contribution in [1.29, 1.82) is 0 Å². The van der Waals surface area contributed by atoms with E-state index < -0.39 is 11.6 Å². The zero-order valence-corrected chi connectivity index (χ0v) is 19.4. The van der Waals surface area contributed by atoms with Crippen LogP contribution in [0.1, 0.15) is 28.4 Å². The van der Waals surface area contributed by atoms with E-state index in [0.29, 0.717) is 17.9 Å². The smallest absolute Gasteiger partial charge is 0.322 e. The van der Waals surface area contributed by atoms with E-state index in [2.05, 4.69) is 26.9 Å². The van der Waals surface area contributed by atoms with Crippen LogP contribution in [0.5, 0.6) is 0 Å². The van der Waals surface area contributed by atoms with Crippen molar-refractivity contribution < 1.29 is 19.1 Å². The van der Waals surface area contributed by atoms with E-state index in [1.165, 1.54) is 17.3 Å². The molecular weight excluding hydrogens is 440 g/mol.